The molecule has 4 nitrogen and oxygen atoms in total. The monoisotopic (exact) mass is 358 g/mol. The maximum absolute atomic E-state index is 14.0. The Balaban J connectivity index is 2.32. The quantitative estimate of drug-likeness (QED) is 0.375. The van der Waals surface area contributed by atoms with Crippen LogP contribution in [-0.2, 0) is 6.18 Å². The van der Waals surface area contributed by atoms with Gasteiger partial charge in [0.2, 0.25) is 5.88 Å². The number of benzene rings is 2. The Morgan fingerprint density at radius 3 is 2.27 bits per heavy atom. The van der Waals surface area contributed by atoms with E-state index in [1.807, 2.05) is 0 Å². The summed E-state index contributed by atoms with van der Waals surface area (Å²) in [6.45, 7) is 0. The van der Waals surface area contributed by atoms with Gasteiger partial charge in [0.15, 0.2) is 0 Å². The molecule has 0 radical (unpaired) electrons. The van der Waals surface area contributed by atoms with Gasteiger partial charge in [-0.1, -0.05) is 18.2 Å². The third kappa shape index (κ3) is 2.39. The average Bonchev–Trinajstić information content (AvgIpc) is 2.64. The number of methoxy groups -OCH3 is 2. The van der Waals surface area contributed by atoms with Gasteiger partial charge in [0.1, 0.15) is 5.75 Å². The number of alkyl halides is 3. The topological polar surface area (TPSA) is 44.2 Å². The van der Waals surface area contributed by atoms with Crippen molar-refractivity contribution in [1.82, 2.24) is 9.97 Å². The van der Waals surface area contributed by atoms with Gasteiger partial charge in [-0.15, -0.1) is 0 Å². The molecule has 0 aliphatic carbocycles. The van der Waals surface area contributed by atoms with E-state index in [0.717, 1.165) is 0 Å². The number of pyridine rings is 2. The lowest BCUT2D eigenvalue weighted by Gasteiger charge is -2.17. The van der Waals surface area contributed by atoms with Crippen LogP contribution in [0.15, 0.2) is 42.5 Å². The minimum Gasteiger partial charge on any atom is -0.497 e. The first-order chi connectivity index (χ1) is 12.4. The molecule has 0 N–H and O–H groups in total. The van der Waals surface area contributed by atoms with Crippen LogP contribution < -0.4 is 9.47 Å². The van der Waals surface area contributed by atoms with Crippen molar-refractivity contribution in [2.75, 3.05) is 14.2 Å². The summed E-state index contributed by atoms with van der Waals surface area (Å²) in [6, 6.07) is 11.4. The van der Waals surface area contributed by atoms with E-state index >= 15 is 0 Å². The van der Waals surface area contributed by atoms with Gasteiger partial charge in [0.05, 0.1) is 41.7 Å². The highest BCUT2D eigenvalue weighted by Gasteiger charge is 2.37. The maximum atomic E-state index is 14.0. The van der Waals surface area contributed by atoms with Crippen molar-refractivity contribution in [1.29, 1.82) is 0 Å². The first kappa shape index (κ1) is 16.4. The lowest BCUT2D eigenvalue weighted by Crippen LogP contribution is -2.09. The van der Waals surface area contributed by atoms with Crippen molar-refractivity contribution >= 4 is 32.7 Å². The van der Waals surface area contributed by atoms with Crippen molar-refractivity contribution in [2.24, 2.45) is 0 Å². The number of para-hydroxylation sites is 1. The fourth-order valence-corrected chi connectivity index (χ4v) is 3.15. The molecule has 0 saturated carbocycles. The molecule has 0 spiro atoms. The Labute approximate surface area is 146 Å². The van der Waals surface area contributed by atoms with Crippen molar-refractivity contribution in [2.45, 2.75) is 6.18 Å². The van der Waals surface area contributed by atoms with E-state index in [2.05, 4.69) is 9.97 Å². The Kier molecular flexibility index (Phi) is 3.61. The highest BCUT2D eigenvalue weighted by molar-refractivity contribution is 6.11. The molecule has 2 heterocycles. The second kappa shape index (κ2) is 5.72. The predicted molar refractivity (Wildman–Crippen MR) is 92.7 cm³/mol. The summed E-state index contributed by atoms with van der Waals surface area (Å²) >= 11 is 0. The van der Waals surface area contributed by atoms with Gasteiger partial charge in [0, 0.05) is 10.8 Å². The smallest absolute Gasteiger partial charge is 0.417 e. The Morgan fingerprint density at radius 1 is 0.846 bits per heavy atom. The van der Waals surface area contributed by atoms with Gasteiger partial charge in [-0.25, -0.2) is 9.97 Å². The van der Waals surface area contributed by atoms with Crippen molar-refractivity contribution < 1.29 is 22.6 Å². The maximum Gasteiger partial charge on any atom is 0.417 e. The van der Waals surface area contributed by atoms with Crippen molar-refractivity contribution in [3.8, 4) is 11.6 Å². The fourth-order valence-electron chi connectivity index (χ4n) is 3.15. The molecular weight excluding hydrogens is 345 g/mol. The summed E-state index contributed by atoms with van der Waals surface area (Å²) in [5, 5.41) is 0.325. The minimum atomic E-state index is -4.62. The number of halogens is 3. The number of hydrogen-bond donors (Lipinski definition) is 0. The van der Waals surface area contributed by atoms with E-state index in [0.29, 0.717) is 16.7 Å². The highest BCUT2D eigenvalue weighted by Crippen LogP contribution is 2.44. The number of nitrogens with zero attached hydrogens (tertiary/aromatic N) is 2. The number of rotatable bonds is 2. The number of aromatic nitrogens is 2. The van der Waals surface area contributed by atoms with Gasteiger partial charge in [-0.3, -0.25) is 0 Å². The molecule has 4 aromatic rings. The molecule has 0 atom stereocenters. The predicted octanol–water partition coefficient (Wildman–Crippen LogP) is 4.97. The molecule has 2 aromatic carbocycles. The van der Waals surface area contributed by atoms with Crippen LogP contribution in [0.25, 0.3) is 32.7 Å². The third-order valence-corrected chi connectivity index (χ3v) is 4.26. The molecule has 0 aliphatic heterocycles. The molecule has 0 saturated heterocycles. The van der Waals surface area contributed by atoms with E-state index < -0.39 is 11.7 Å². The van der Waals surface area contributed by atoms with Crippen molar-refractivity contribution in [3.63, 3.8) is 0 Å². The normalized spacial score (nSPS) is 12.0. The molecular formula is C19H13F3N2O2. The van der Waals surface area contributed by atoms with Gasteiger partial charge in [-0.2, -0.15) is 13.2 Å². The van der Waals surface area contributed by atoms with E-state index in [9.17, 15) is 13.2 Å². The molecule has 0 unspecified atom stereocenters. The van der Waals surface area contributed by atoms with Crippen LogP contribution in [0.5, 0.6) is 11.6 Å². The second-order valence-electron chi connectivity index (χ2n) is 5.73. The summed E-state index contributed by atoms with van der Waals surface area (Å²) in [7, 11) is 2.70. The molecule has 0 bridgehead atoms. The van der Waals surface area contributed by atoms with Crippen LogP contribution in [0.4, 0.5) is 13.2 Å². The first-order valence-electron chi connectivity index (χ1n) is 7.75. The summed E-state index contributed by atoms with van der Waals surface area (Å²) in [4.78, 5) is 8.74. The fraction of sp³-hybridized carbons (Fsp3) is 0.158. The number of ether oxygens (including phenoxy) is 2. The van der Waals surface area contributed by atoms with E-state index in [1.165, 1.54) is 26.4 Å². The molecule has 7 heteroatoms. The van der Waals surface area contributed by atoms with Crippen molar-refractivity contribution in [3.05, 3.63) is 48.0 Å². The van der Waals surface area contributed by atoms with Crippen LogP contribution in [0.3, 0.4) is 0 Å². The van der Waals surface area contributed by atoms with Crippen LogP contribution >= 0.6 is 0 Å². The Bertz CT molecular complexity index is 1160. The van der Waals surface area contributed by atoms with Crippen LogP contribution in [0.1, 0.15) is 5.56 Å². The lowest BCUT2D eigenvalue weighted by atomic mass is 10.0. The van der Waals surface area contributed by atoms with Gasteiger partial charge < -0.3 is 9.47 Å². The first-order valence-corrected chi connectivity index (χ1v) is 7.75. The SMILES string of the molecule is COc1ccc2nc3c(c(OC)nc4ccccc43)c(C(F)(F)F)c2c1. The van der Waals surface area contributed by atoms with Crippen LogP contribution in [0.2, 0.25) is 0 Å². The van der Waals surface area contributed by atoms with Gasteiger partial charge in [0.25, 0.3) is 0 Å². The highest BCUT2D eigenvalue weighted by atomic mass is 19.4. The zero-order chi connectivity index (χ0) is 18.5. The molecule has 2 aromatic heterocycles. The lowest BCUT2D eigenvalue weighted by molar-refractivity contribution is -0.135. The molecule has 132 valence electrons. The van der Waals surface area contributed by atoms with E-state index in [4.69, 9.17) is 9.47 Å². The molecule has 26 heavy (non-hydrogen) atoms. The molecule has 0 aliphatic rings. The minimum absolute atomic E-state index is 0.0558. The van der Waals surface area contributed by atoms with E-state index in [1.54, 1.807) is 30.3 Å². The summed E-state index contributed by atoms with van der Waals surface area (Å²) in [6.07, 6.45) is -4.62. The van der Waals surface area contributed by atoms with E-state index in [-0.39, 0.29) is 27.7 Å². The average molecular weight is 358 g/mol. The zero-order valence-corrected chi connectivity index (χ0v) is 13.9. The standard InChI is InChI=1S/C19H13F3N2O2/c1-25-10-7-8-14-12(9-10)16(19(20,21)22)15-17(23-14)11-5-3-4-6-13(11)24-18(15)26-2/h3-9H,1-2H3. The van der Waals surface area contributed by atoms with Gasteiger partial charge >= 0.3 is 6.18 Å². The molecule has 0 fully saturated rings. The largest absolute Gasteiger partial charge is 0.497 e. The zero-order valence-electron chi connectivity index (χ0n) is 13.9. The Morgan fingerprint density at radius 2 is 1.58 bits per heavy atom. The summed E-state index contributed by atoms with van der Waals surface area (Å²) in [5.41, 5.74) is 0.123. The molecule has 0 amide bonds. The Hall–Kier alpha value is -3.09. The van der Waals surface area contributed by atoms with Crippen LogP contribution in [0, 0.1) is 0 Å². The van der Waals surface area contributed by atoms with Gasteiger partial charge in [-0.05, 0) is 24.3 Å². The number of hydrogen-bond acceptors (Lipinski definition) is 4. The molecule has 4 rings (SSSR count). The number of fused-ring (bicyclic) bond motifs is 4. The van der Waals surface area contributed by atoms with Crippen LogP contribution in [-0.4, -0.2) is 24.2 Å². The summed E-state index contributed by atoms with van der Waals surface area (Å²) < 4.78 is 52.4. The second-order valence-corrected chi connectivity index (χ2v) is 5.73. The summed E-state index contributed by atoms with van der Waals surface area (Å²) in [5.74, 6) is 0.208. The third-order valence-electron chi connectivity index (χ3n) is 4.26.